The third-order valence-electron chi connectivity index (χ3n) is 4.59. The van der Waals surface area contributed by atoms with Gasteiger partial charge >= 0.3 is 6.18 Å². The second kappa shape index (κ2) is 6.00. The van der Waals surface area contributed by atoms with Gasteiger partial charge in [-0.05, 0) is 53.5 Å². The van der Waals surface area contributed by atoms with Gasteiger partial charge in [-0.2, -0.15) is 13.2 Å². The minimum atomic E-state index is -4.38. The number of pyridine rings is 1. The fourth-order valence-electron chi connectivity index (χ4n) is 3.22. The lowest BCUT2D eigenvalue weighted by molar-refractivity contribution is -0.146. The lowest BCUT2D eigenvalue weighted by atomic mass is 10.1. The molecule has 3 aromatic rings. The Balaban J connectivity index is 1.93. The normalized spacial score (nSPS) is 16.2. The Kier molecular flexibility index (Phi) is 4.01. The van der Waals surface area contributed by atoms with Crippen LogP contribution in [0.1, 0.15) is 23.2 Å². The fraction of sp³-hybridized carbons (Fsp3) is 0.294. The van der Waals surface area contributed by atoms with Crippen molar-refractivity contribution in [3.05, 3.63) is 33.5 Å². The van der Waals surface area contributed by atoms with Gasteiger partial charge in [-0.1, -0.05) is 6.07 Å². The highest BCUT2D eigenvalue weighted by molar-refractivity contribution is 14.1. The van der Waals surface area contributed by atoms with Crippen LogP contribution in [0.3, 0.4) is 0 Å². The Bertz CT molecular complexity index is 1030. The Labute approximate surface area is 159 Å². The van der Waals surface area contributed by atoms with Gasteiger partial charge in [0.05, 0.1) is 16.5 Å². The number of nitrogens with two attached hydrogens (primary N) is 1. The summed E-state index contributed by atoms with van der Waals surface area (Å²) in [6, 6.07) is 3.84. The summed E-state index contributed by atoms with van der Waals surface area (Å²) in [5.74, 6) is -1.04. The Morgan fingerprint density at radius 3 is 2.73 bits per heavy atom. The number of nitrogens with zero attached hydrogens (tertiary/aromatic N) is 1. The highest BCUT2D eigenvalue weighted by Crippen LogP contribution is 2.43. The number of aromatic nitrogens is 2. The number of rotatable bonds is 4. The Morgan fingerprint density at radius 2 is 2.12 bits per heavy atom. The summed E-state index contributed by atoms with van der Waals surface area (Å²) in [6.07, 6.45) is -2.09. The third kappa shape index (κ3) is 2.97. The molecule has 1 aromatic carbocycles. The molecule has 1 aliphatic carbocycles. The SMILES string of the molecule is NC(=O)c1cnc(NC(C2CC2)C(F)(F)F)c2c1[nH]c1cc(I)ccc12. The molecule has 9 heteroatoms. The molecule has 1 saturated carbocycles. The summed E-state index contributed by atoms with van der Waals surface area (Å²) in [6.45, 7) is 0. The number of H-pyrrole nitrogens is 1. The zero-order chi connectivity index (χ0) is 18.6. The molecule has 26 heavy (non-hydrogen) atoms. The van der Waals surface area contributed by atoms with Crippen molar-refractivity contribution in [1.29, 1.82) is 0 Å². The van der Waals surface area contributed by atoms with E-state index in [0.717, 1.165) is 3.57 Å². The van der Waals surface area contributed by atoms with Crippen molar-refractivity contribution in [2.45, 2.75) is 25.1 Å². The number of fused-ring (bicyclic) bond motifs is 3. The van der Waals surface area contributed by atoms with Crippen LogP contribution in [0.15, 0.2) is 24.4 Å². The van der Waals surface area contributed by atoms with E-state index in [-0.39, 0.29) is 11.4 Å². The first-order chi connectivity index (χ1) is 12.3. The van der Waals surface area contributed by atoms with Crippen molar-refractivity contribution in [3.8, 4) is 0 Å². The van der Waals surface area contributed by atoms with E-state index in [4.69, 9.17) is 5.73 Å². The van der Waals surface area contributed by atoms with Crippen LogP contribution < -0.4 is 11.1 Å². The van der Waals surface area contributed by atoms with Crippen LogP contribution in [0.25, 0.3) is 21.8 Å². The monoisotopic (exact) mass is 474 g/mol. The molecule has 0 radical (unpaired) electrons. The molecule has 4 N–H and O–H groups in total. The number of benzene rings is 1. The molecule has 2 aromatic heterocycles. The minimum Gasteiger partial charge on any atom is -0.365 e. The third-order valence-corrected chi connectivity index (χ3v) is 5.26. The van der Waals surface area contributed by atoms with Gasteiger partial charge in [0.2, 0.25) is 0 Å². The summed E-state index contributed by atoms with van der Waals surface area (Å²) in [4.78, 5) is 18.9. The molecule has 0 spiro atoms. The molecule has 1 fully saturated rings. The summed E-state index contributed by atoms with van der Waals surface area (Å²) < 4.78 is 41.2. The molecule has 136 valence electrons. The molecule has 4 rings (SSSR count). The molecule has 0 saturated heterocycles. The number of hydrogen-bond acceptors (Lipinski definition) is 3. The second-order valence-electron chi connectivity index (χ2n) is 6.45. The van der Waals surface area contributed by atoms with Gasteiger partial charge in [-0.15, -0.1) is 0 Å². The van der Waals surface area contributed by atoms with E-state index >= 15 is 0 Å². The number of halogens is 4. The van der Waals surface area contributed by atoms with E-state index in [1.54, 1.807) is 6.07 Å². The molecule has 1 aliphatic rings. The first-order valence-corrected chi connectivity index (χ1v) is 9.06. The number of carbonyl (C=O) groups excluding carboxylic acids is 1. The average Bonchev–Trinajstić information content (AvgIpc) is 3.30. The van der Waals surface area contributed by atoms with Gasteiger partial charge in [-0.3, -0.25) is 4.79 Å². The van der Waals surface area contributed by atoms with Crippen LogP contribution >= 0.6 is 22.6 Å². The van der Waals surface area contributed by atoms with Crippen LogP contribution in [0, 0.1) is 9.49 Å². The maximum Gasteiger partial charge on any atom is 0.408 e. The van der Waals surface area contributed by atoms with Gasteiger partial charge in [0, 0.05) is 20.7 Å². The lowest BCUT2D eigenvalue weighted by Gasteiger charge is -2.22. The van der Waals surface area contributed by atoms with Crippen LogP contribution in [-0.2, 0) is 0 Å². The van der Waals surface area contributed by atoms with E-state index in [1.807, 2.05) is 12.1 Å². The standard InChI is InChI=1S/C17H14F3IN4O/c18-17(19,20)14(7-1-2-7)25-16-12-9-4-3-8(21)5-11(9)24-13(12)10(6-23-16)15(22)26/h3-7,14,24H,1-2H2,(H2,22,26)(H,23,25). The van der Waals surface area contributed by atoms with Crippen LogP contribution in [-0.4, -0.2) is 28.1 Å². The molecule has 1 atom stereocenters. The molecule has 0 bridgehead atoms. The highest BCUT2D eigenvalue weighted by Gasteiger charge is 2.49. The smallest absolute Gasteiger partial charge is 0.365 e. The average molecular weight is 474 g/mol. The van der Waals surface area contributed by atoms with E-state index in [1.165, 1.54) is 6.20 Å². The molecule has 2 heterocycles. The van der Waals surface area contributed by atoms with Gasteiger partial charge < -0.3 is 16.0 Å². The summed E-state index contributed by atoms with van der Waals surface area (Å²) in [7, 11) is 0. The van der Waals surface area contributed by atoms with E-state index < -0.39 is 24.0 Å². The predicted octanol–water partition coefficient (Wildman–Crippen LogP) is 4.17. The number of amides is 1. The Hall–Kier alpha value is -2.04. The zero-order valence-corrected chi connectivity index (χ0v) is 15.5. The molecule has 5 nitrogen and oxygen atoms in total. The van der Waals surface area contributed by atoms with Crippen molar-refractivity contribution < 1.29 is 18.0 Å². The summed E-state index contributed by atoms with van der Waals surface area (Å²) in [5, 5.41) is 3.71. The van der Waals surface area contributed by atoms with Gasteiger partial charge in [0.25, 0.3) is 5.91 Å². The van der Waals surface area contributed by atoms with Gasteiger partial charge in [-0.25, -0.2) is 4.98 Å². The first-order valence-electron chi connectivity index (χ1n) is 7.98. The van der Waals surface area contributed by atoms with Crippen LogP contribution in [0.2, 0.25) is 0 Å². The maximum atomic E-state index is 13.4. The largest absolute Gasteiger partial charge is 0.408 e. The fourth-order valence-corrected chi connectivity index (χ4v) is 3.71. The van der Waals surface area contributed by atoms with Crippen molar-refractivity contribution in [2.75, 3.05) is 5.32 Å². The number of hydrogen-bond donors (Lipinski definition) is 3. The summed E-state index contributed by atoms with van der Waals surface area (Å²) in [5.41, 5.74) is 6.66. The highest BCUT2D eigenvalue weighted by atomic mass is 127. The van der Waals surface area contributed by atoms with Crippen molar-refractivity contribution in [1.82, 2.24) is 9.97 Å². The first kappa shape index (κ1) is 17.4. The molecule has 1 amide bonds. The number of primary amides is 1. The quantitative estimate of drug-likeness (QED) is 0.497. The number of alkyl halides is 3. The van der Waals surface area contributed by atoms with Crippen LogP contribution in [0.4, 0.5) is 19.0 Å². The Morgan fingerprint density at radius 1 is 1.38 bits per heavy atom. The molecular weight excluding hydrogens is 460 g/mol. The predicted molar refractivity (Wildman–Crippen MR) is 101 cm³/mol. The van der Waals surface area contributed by atoms with Crippen molar-refractivity contribution >= 4 is 56.1 Å². The van der Waals surface area contributed by atoms with E-state index in [0.29, 0.717) is 34.6 Å². The zero-order valence-electron chi connectivity index (χ0n) is 13.3. The van der Waals surface area contributed by atoms with Crippen LogP contribution in [0.5, 0.6) is 0 Å². The number of aromatic amines is 1. The van der Waals surface area contributed by atoms with Gasteiger partial charge in [0.15, 0.2) is 0 Å². The topological polar surface area (TPSA) is 83.8 Å². The number of nitrogens with one attached hydrogen (secondary N) is 2. The molecule has 1 unspecified atom stereocenters. The van der Waals surface area contributed by atoms with E-state index in [9.17, 15) is 18.0 Å². The molecular formula is C17H14F3IN4O. The number of carbonyl (C=O) groups is 1. The van der Waals surface area contributed by atoms with Gasteiger partial charge in [0.1, 0.15) is 11.9 Å². The minimum absolute atomic E-state index is 0.103. The number of anilines is 1. The van der Waals surface area contributed by atoms with E-state index in [2.05, 4.69) is 37.9 Å². The summed E-state index contributed by atoms with van der Waals surface area (Å²) >= 11 is 2.14. The second-order valence-corrected chi connectivity index (χ2v) is 7.70. The van der Waals surface area contributed by atoms with Crippen molar-refractivity contribution in [2.24, 2.45) is 11.7 Å². The lowest BCUT2D eigenvalue weighted by Crippen LogP contribution is -2.38. The molecule has 0 aliphatic heterocycles. The maximum absolute atomic E-state index is 13.4. The van der Waals surface area contributed by atoms with Crippen molar-refractivity contribution in [3.63, 3.8) is 0 Å².